The summed E-state index contributed by atoms with van der Waals surface area (Å²) in [5.41, 5.74) is -1.73. The first kappa shape index (κ1) is 21.5. The number of rotatable bonds is 6. The lowest BCUT2D eigenvalue weighted by molar-refractivity contribution is 0.0697. The summed E-state index contributed by atoms with van der Waals surface area (Å²) in [7, 11) is 0. The first-order valence-corrected chi connectivity index (χ1v) is 10.8. The molecule has 0 amide bonds. The van der Waals surface area contributed by atoms with Crippen LogP contribution in [0.4, 0.5) is 0 Å². The molecule has 0 radical (unpaired) electrons. The maximum absolute atomic E-state index is 12.7. The Labute approximate surface area is 177 Å². The third kappa shape index (κ3) is 4.04. The van der Waals surface area contributed by atoms with Crippen LogP contribution in [0, 0.1) is 0 Å². The van der Waals surface area contributed by atoms with E-state index in [1.165, 1.54) is 24.3 Å². The second-order valence-electron chi connectivity index (χ2n) is 5.99. The molecule has 0 aliphatic carbocycles. The molecule has 10 nitrogen and oxygen atoms in total. The van der Waals surface area contributed by atoms with Crippen molar-refractivity contribution in [1.82, 2.24) is 19.9 Å². The molecule has 0 atom stereocenters. The Kier molecular flexibility index (Phi) is 6.17. The molecule has 5 N–H and O–H groups in total. The van der Waals surface area contributed by atoms with E-state index >= 15 is 0 Å². The lowest BCUT2D eigenvalue weighted by Gasteiger charge is -2.19. The zero-order valence-corrected chi connectivity index (χ0v) is 17.3. The van der Waals surface area contributed by atoms with Crippen LogP contribution in [0.5, 0.6) is 11.8 Å². The first-order chi connectivity index (χ1) is 14.3. The summed E-state index contributed by atoms with van der Waals surface area (Å²) < 4.78 is 0. The number of aromatic nitrogens is 4. The largest absolute Gasteiger partial charge is 0.493 e. The minimum atomic E-state index is -1.26. The Morgan fingerprint density at radius 2 is 1.33 bits per heavy atom. The summed E-state index contributed by atoms with van der Waals surface area (Å²) in [5.74, 6) is -3.66. The highest BCUT2D eigenvalue weighted by atomic mass is 32.2. The van der Waals surface area contributed by atoms with E-state index in [4.69, 9.17) is 5.11 Å². The number of hydrogen-bond donors (Lipinski definition) is 5. The molecular weight excluding hydrogens is 432 g/mol. The molecular formula is C18H16N4O6S2. The molecule has 30 heavy (non-hydrogen) atoms. The lowest BCUT2D eigenvalue weighted by atomic mass is 9.86. The van der Waals surface area contributed by atoms with Crippen molar-refractivity contribution < 1.29 is 20.1 Å². The molecule has 156 valence electrons. The molecule has 0 bridgehead atoms. The van der Waals surface area contributed by atoms with Gasteiger partial charge in [-0.1, -0.05) is 35.7 Å². The van der Waals surface area contributed by atoms with Crippen LogP contribution in [-0.4, -0.2) is 53.7 Å². The van der Waals surface area contributed by atoms with Gasteiger partial charge in [0.25, 0.3) is 11.1 Å². The van der Waals surface area contributed by atoms with Gasteiger partial charge in [0.1, 0.15) is 0 Å². The summed E-state index contributed by atoms with van der Waals surface area (Å²) in [5, 5.41) is 30.4. The quantitative estimate of drug-likeness (QED) is 0.276. The van der Waals surface area contributed by atoms with E-state index in [9.17, 15) is 24.6 Å². The molecule has 0 saturated heterocycles. The molecule has 0 saturated carbocycles. The van der Waals surface area contributed by atoms with Gasteiger partial charge in [0.15, 0.2) is 10.3 Å². The van der Waals surface area contributed by atoms with E-state index < -0.39 is 34.8 Å². The van der Waals surface area contributed by atoms with E-state index in [-0.39, 0.29) is 32.6 Å². The van der Waals surface area contributed by atoms with Crippen molar-refractivity contribution in [3.63, 3.8) is 0 Å². The zero-order valence-electron chi connectivity index (χ0n) is 15.7. The third-order valence-corrected chi connectivity index (χ3v) is 5.44. The number of carboxylic acids is 1. The van der Waals surface area contributed by atoms with Crippen molar-refractivity contribution in [2.45, 2.75) is 16.2 Å². The monoisotopic (exact) mass is 448 g/mol. The highest BCUT2D eigenvalue weighted by Gasteiger charge is 2.31. The number of benzene rings is 1. The van der Waals surface area contributed by atoms with E-state index in [0.29, 0.717) is 0 Å². The fourth-order valence-electron chi connectivity index (χ4n) is 2.91. The number of aromatic amines is 2. The van der Waals surface area contributed by atoms with Gasteiger partial charge in [0.2, 0.25) is 11.8 Å². The third-order valence-electron chi connectivity index (χ3n) is 4.28. The molecule has 0 spiro atoms. The summed E-state index contributed by atoms with van der Waals surface area (Å²) >= 11 is 2.20. The van der Waals surface area contributed by atoms with Crippen molar-refractivity contribution >= 4 is 29.5 Å². The maximum Gasteiger partial charge on any atom is 0.335 e. The molecule has 0 aliphatic heterocycles. The minimum Gasteiger partial charge on any atom is -0.493 e. The number of hydrogen-bond acceptors (Lipinski definition) is 9. The van der Waals surface area contributed by atoms with Crippen LogP contribution in [0.3, 0.4) is 0 Å². The van der Waals surface area contributed by atoms with Crippen molar-refractivity contribution in [2.24, 2.45) is 0 Å². The van der Waals surface area contributed by atoms with Gasteiger partial charge in [0, 0.05) is 0 Å². The molecule has 0 unspecified atom stereocenters. The average Bonchev–Trinajstić information content (AvgIpc) is 2.71. The standard InChI is InChI=1S/C18H16N4O6S2/c1-29-17-19-12(23)10(13(24)20-17)9(7-3-5-8(6-4-7)16(27)28)11-14(25)21-18(30-2)22-15(11)26/h3-6,9H,1-2H3,(H,27,28)(H2,19,20,23,24)(H2,21,22,25,26). The second kappa shape index (κ2) is 8.63. The number of carboxylic acid groups (broad SMARTS) is 1. The number of carbonyl (C=O) groups is 1. The lowest BCUT2D eigenvalue weighted by Crippen LogP contribution is -2.26. The second-order valence-corrected chi connectivity index (χ2v) is 7.58. The molecule has 12 heteroatoms. The highest BCUT2D eigenvalue weighted by molar-refractivity contribution is 7.98. The Balaban J connectivity index is 2.33. The predicted octanol–water partition coefficient (Wildman–Crippen LogP) is 1.59. The van der Waals surface area contributed by atoms with Crippen molar-refractivity contribution in [2.75, 3.05) is 12.5 Å². The predicted molar refractivity (Wildman–Crippen MR) is 111 cm³/mol. The van der Waals surface area contributed by atoms with Crippen LogP contribution < -0.4 is 11.1 Å². The minimum absolute atomic E-state index is 0.0134. The Hall–Kier alpha value is -3.25. The highest BCUT2D eigenvalue weighted by Crippen LogP contribution is 2.36. The van der Waals surface area contributed by atoms with Gasteiger partial charge in [-0.25, -0.2) is 4.79 Å². The van der Waals surface area contributed by atoms with E-state index in [1.54, 1.807) is 12.5 Å². The maximum atomic E-state index is 12.7. The number of H-pyrrole nitrogens is 2. The number of aromatic hydroxyl groups is 2. The summed E-state index contributed by atoms with van der Waals surface area (Å²) in [4.78, 5) is 49.5. The van der Waals surface area contributed by atoms with E-state index in [2.05, 4.69) is 19.9 Å². The molecule has 0 fully saturated rings. The summed E-state index contributed by atoms with van der Waals surface area (Å²) in [6, 6.07) is 5.34. The van der Waals surface area contributed by atoms with Gasteiger partial charge >= 0.3 is 5.97 Å². The van der Waals surface area contributed by atoms with Gasteiger partial charge in [-0.3, -0.25) is 9.59 Å². The van der Waals surface area contributed by atoms with E-state index in [0.717, 1.165) is 23.5 Å². The Morgan fingerprint density at radius 3 is 1.67 bits per heavy atom. The topological polar surface area (TPSA) is 169 Å². The Bertz CT molecular complexity index is 1160. The molecule has 0 aliphatic rings. The van der Waals surface area contributed by atoms with Crippen LogP contribution >= 0.6 is 23.5 Å². The van der Waals surface area contributed by atoms with Crippen molar-refractivity contribution in [3.05, 3.63) is 67.2 Å². The molecule has 2 heterocycles. The average molecular weight is 448 g/mol. The molecule has 3 aromatic rings. The smallest absolute Gasteiger partial charge is 0.335 e. The molecule has 3 rings (SSSR count). The summed E-state index contributed by atoms with van der Waals surface area (Å²) in [6.45, 7) is 0. The van der Waals surface area contributed by atoms with Crippen LogP contribution in [-0.2, 0) is 0 Å². The van der Waals surface area contributed by atoms with Crippen molar-refractivity contribution in [3.8, 4) is 11.8 Å². The summed E-state index contributed by atoms with van der Waals surface area (Å²) in [6.07, 6.45) is 3.31. The molecule has 2 aromatic heterocycles. The van der Waals surface area contributed by atoms with Crippen LogP contribution in [0.1, 0.15) is 33.0 Å². The first-order valence-electron chi connectivity index (χ1n) is 8.34. The van der Waals surface area contributed by atoms with Gasteiger partial charge in [0.05, 0.1) is 22.6 Å². The SMILES string of the molecule is CSc1nc(O)c(C(c2ccc(C(=O)O)cc2)c2c(O)nc(SC)[nH]c2=O)c(=O)[nH]1. The van der Waals surface area contributed by atoms with Crippen molar-refractivity contribution in [1.29, 1.82) is 0 Å². The number of nitrogens with one attached hydrogen (secondary N) is 2. The van der Waals surface area contributed by atoms with Gasteiger partial charge < -0.3 is 25.3 Å². The van der Waals surface area contributed by atoms with E-state index in [1.807, 2.05) is 0 Å². The zero-order chi connectivity index (χ0) is 22.0. The van der Waals surface area contributed by atoms with Gasteiger partial charge in [-0.15, -0.1) is 0 Å². The van der Waals surface area contributed by atoms with Crippen LogP contribution in [0.15, 0.2) is 44.2 Å². The van der Waals surface area contributed by atoms with Gasteiger partial charge in [-0.05, 0) is 30.2 Å². The number of thioether (sulfide) groups is 2. The van der Waals surface area contributed by atoms with Crippen LogP contribution in [0.25, 0.3) is 0 Å². The number of nitrogens with zero attached hydrogens (tertiary/aromatic N) is 2. The number of aromatic carboxylic acids is 1. The van der Waals surface area contributed by atoms with Gasteiger partial charge in [-0.2, -0.15) is 9.97 Å². The fourth-order valence-corrected chi connectivity index (χ4v) is 3.66. The Morgan fingerprint density at radius 1 is 0.900 bits per heavy atom. The normalized spacial score (nSPS) is 11.0. The molecule has 1 aromatic carbocycles. The van der Waals surface area contributed by atoms with Crippen LogP contribution in [0.2, 0.25) is 0 Å². The fraction of sp³-hybridized carbons (Fsp3) is 0.167.